The number of aromatic nitrogens is 2. The lowest BCUT2D eigenvalue weighted by Crippen LogP contribution is -1.87. The third kappa shape index (κ3) is 2.09. The summed E-state index contributed by atoms with van der Waals surface area (Å²) in [6, 6.07) is 24.9. The van der Waals surface area contributed by atoms with Gasteiger partial charge in [0, 0.05) is 27.2 Å². The largest absolute Gasteiger partial charge is 0.497 e. The molecule has 0 bridgehead atoms. The van der Waals surface area contributed by atoms with E-state index in [0.717, 1.165) is 38.6 Å². The minimum atomic E-state index is 0.848. The summed E-state index contributed by atoms with van der Waals surface area (Å²) in [5.74, 6) is 0.848. The highest BCUT2D eigenvalue weighted by Crippen LogP contribution is 2.39. The Balaban J connectivity index is 2.04. The SMILES string of the molecule is COc1ccc2[nH]c3nc4ccccc4c(-c4ccccc4)c3c2c1. The molecule has 0 saturated carbocycles. The van der Waals surface area contributed by atoms with Crippen molar-refractivity contribution in [2.45, 2.75) is 0 Å². The van der Waals surface area contributed by atoms with Gasteiger partial charge < -0.3 is 9.72 Å². The first-order valence-corrected chi connectivity index (χ1v) is 8.29. The van der Waals surface area contributed by atoms with E-state index in [2.05, 4.69) is 59.6 Å². The van der Waals surface area contributed by atoms with E-state index in [1.54, 1.807) is 7.11 Å². The van der Waals surface area contributed by atoms with Gasteiger partial charge in [-0.1, -0.05) is 48.5 Å². The van der Waals surface area contributed by atoms with E-state index in [1.165, 1.54) is 11.1 Å². The zero-order valence-corrected chi connectivity index (χ0v) is 13.8. The first kappa shape index (κ1) is 14.1. The van der Waals surface area contributed by atoms with Crippen molar-refractivity contribution in [3.8, 4) is 16.9 Å². The van der Waals surface area contributed by atoms with Gasteiger partial charge in [0.2, 0.25) is 0 Å². The molecule has 3 heteroatoms. The Morgan fingerprint density at radius 2 is 1.64 bits per heavy atom. The molecule has 0 aliphatic rings. The van der Waals surface area contributed by atoms with E-state index in [1.807, 2.05) is 18.2 Å². The molecule has 3 nitrogen and oxygen atoms in total. The van der Waals surface area contributed by atoms with E-state index in [0.29, 0.717) is 0 Å². The molecule has 0 atom stereocenters. The van der Waals surface area contributed by atoms with Crippen LogP contribution < -0.4 is 4.74 Å². The molecule has 0 aliphatic heterocycles. The van der Waals surface area contributed by atoms with Gasteiger partial charge in [0.15, 0.2) is 0 Å². The fourth-order valence-electron chi connectivity index (χ4n) is 3.56. The molecule has 0 saturated heterocycles. The number of fused-ring (bicyclic) bond motifs is 4. The molecule has 2 heterocycles. The smallest absolute Gasteiger partial charge is 0.139 e. The van der Waals surface area contributed by atoms with Crippen LogP contribution in [-0.4, -0.2) is 17.1 Å². The third-order valence-corrected chi connectivity index (χ3v) is 4.70. The van der Waals surface area contributed by atoms with Crippen LogP contribution in [0.4, 0.5) is 0 Å². The highest BCUT2D eigenvalue weighted by Gasteiger charge is 2.16. The second kappa shape index (κ2) is 5.35. The standard InChI is InChI=1S/C22H16N2O/c1-25-15-11-12-19-17(13-15)21-20(14-7-3-2-4-8-14)16-9-5-6-10-18(16)23-22(21)24-19/h2-13H,1H3,(H,23,24). The van der Waals surface area contributed by atoms with E-state index in [9.17, 15) is 0 Å². The zero-order valence-electron chi connectivity index (χ0n) is 13.8. The molecule has 0 aliphatic carbocycles. The summed E-state index contributed by atoms with van der Waals surface area (Å²) in [7, 11) is 1.70. The number of aromatic amines is 1. The quantitative estimate of drug-likeness (QED) is 0.462. The normalized spacial score (nSPS) is 11.4. The summed E-state index contributed by atoms with van der Waals surface area (Å²) in [5, 5.41) is 3.43. The maximum absolute atomic E-state index is 5.44. The van der Waals surface area contributed by atoms with Crippen LogP contribution >= 0.6 is 0 Å². The van der Waals surface area contributed by atoms with E-state index in [-0.39, 0.29) is 0 Å². The van der Waals surface area contributed by atoms with Crippen LogP contribution in [0.15, 0.2) is 72.8 Å². The van der Waals surface area contributed by atoms with Crippen LogP contribution in [0.3, 0.4) is 0 Å². The van der Waals surface area contributed by atoms with Gasteiger partial charge in [0.05, 0.1) is 12.6 Å². The fraction of sp³-hybridized carbons (Fsp3) is 0.0455. The number of hydrogen-bond acceptors (Lipinski definition) is 2. The molecule has 0 fully saturated rings. The second-order valence-electron chi connectivity index (χ2n) is 6.13. The van der Waals surface area contributed by atoms with Crippen LogP contribution in [-0.2, 0) is 0 Å². The van der Waals surface area contributed by atoms with Crippen molar-refractivity contribution in [1.29, 1.82) is 0 Å². The summed E-state index contributed by atoms with van der Waals surface area (Å²) in [4.78, 5) is 8.33. The Morgan fingerprint density at radius 3 is 2.48 bits per heavy atom. The lowest BCUT2D eigenvalue weighted by Gasteiger charge is -2.09. The second-order valence-corrected chi connectivity index (χ2v) is 6.13. The topological polar surface area (TPSA) is 37.9 Å². The highest BCUT2D eigenvalue weighted by atomic mass is 16.5. The molecule has 1 N–H and O–H groups in total. The Morgan fingerprint density at radius 1 is 0.840 bits per heavy atom. The maximum Gasteiger partial charge on any atom is 0.139 e. The van der Waals surface area contributed by atoms with Crippen LogP contribution in [0, 0.1) is 0 Å². The molecule has 0 amide bonds. The molecule has 3 aromatic carbocycles. The maximum atomic E-state index is 5.44. The minimum Gasteiger partial charge on any atom is -0.497 e. The number of nitrogens with zero attached hydrogens (tertiary/aromatic N) is 1. The molecule has 0 radical (unpaired) electrons. The number of ether oxygens (including phenoxy) is 1. The Hall–Kier alpha value is -3.33. The van der Waals surface area contributed by atoms with Crippen molar-refractivity contribution in [1.82, 2.24) is 9.97 Å². The monoisotopic (exact) mass is 324 g/mol. The van der Waals surface area contributed by atoms with Gasteiger partial charge in [-0.2, -0.15) is 0 Å². The number of methoxy groups -OCH3 is 1. The molecule has 0 spiro atoms. The average molecular weight is 324 g/mol. The van der Waals surface area contributed by atoms with Crippen molar-refractivity contribution < 1.29 is 4.74 Å². The number of hydrogen-bond donors (Lipinski definition) is 1. The molecule has 0 unspecified atom stereocenters. The summed E-state index contributed by atoms with van der Waals surface area (Å²) in [5.41, 5.74) is 5.36. The number of benzene rings is 3. The van der Waals surface area contributed by atoms with Gasteiger partial charge in [0.25, 0.3) is 0 Å². The minimum absolute atomic E-state index is 0.848. The van der Waals surface area contributed by atoms with Crippen molar-refractivity contribution in [3.05, 3.63) is 72.8 Å². The molecule has 2 aromatic heterocycles. The number of para-hydroxylation sites is 1. The summed E-state index contributed by atoms with van der Waals surface area (Å²) < 4.78 is 5.44. The first-order valence-electron chi connectivity index (χ1n) is 8.29. The Kier molecular flexibility index (Phi) is 3.01. The van der Waals surface area contributed by atoms with Gasteiger partial charge >= 0.3 is 0 Å². The predicted octanol–water partition coefficient (Wildman–Crippen LogP) is 5.54. The molecule has 120 valence electrons. The van der Waals surface area contributed by atoms with Gasteiger partial charge in [-0.25, -0.2) is 4.98 Å². The third-order valence-electron chi connectivity index (χ3n) is 4.70. The Labute approximate surface area is 144 Å². The van der Waals surface area contributed by atoms with E-state index in [4.69, 9.17) is 9.72 Å². The van der Waals surface area contributed by atoms with Gasteiger partial charge in [0.1, 0.15) is 11.4 Å². The number of nitrogens with one attached hydrogen (secondary N) is 1. The predicted molar refractivity (Wildman–Crippen MR) is 103 cm³/mol. The fourth-order valence-corrected chi connectivity index (χ4v) is 3.56. The number of H-pyrrole nitrogens is 1. The first-order chi connectivity index (χ1) is 12.3. The van der Waals surface area contributed by atoms with Crippen LogP contribution in [0.2, 0.25) is 0 Å². The van der Waals surface area contributed by atoms with Gasteiger partial charge in [-0.05, 0) is 29.8 Å². The number of rotatable bonds is 2. The van der Waals surface area contributed by atoms with Crippen LogP contribution in [0.25, 0.3) is 44.0 Å². The van der Waals surface area contributed by atoms with E-state index >= 15 is 0 Å². The van der Waals surface area contributed by atoms with Crippen LogP contribution in [0.5, 0.6) is 5.75 Å². The van der Waals surface area contributed by atoms with Gasteiger partial charge in [-0.15, -0.1) is 0 Å². The van der Waals surface area contributed by atoms with Gasteiger partial charge in [-0.3, -0.25) is 0 Å². The zero-order chi connectivity index (χ0) is 16.8. The molecule has 25 heavy (non-hydrogen) atoms. The van der Waals surface area contributed by atoms with Crippen molar-refractivity contribution in [3.63, 3.8) is 0 Å². The lowest BCUT2D eigenvalue weighted by atomic mass is 9.96. The summed E-state index contributed by atoms with van der Waals surface area (Å²) >= 11 is 0. The number of pyridine rings is 1. The lowest BCUT2D eigenvalue weighted by molar-refractivity contribution is 0.415. The summed E-state index contributed by atoms with van der Waals surface area (Å²) in [6.07, 6.45) is 0. The molecular formula is C22H16N2O. The van der Waals surface area contributed by atoms with Crippen molar-refractivity contribution >= 4 is 32.8 Å². The van der Waals surface area contributed by atoms with Crippen molar-refractivity contribution in [2.24, 2.45) is 0 Å². The van der Waals surface area contributed by atoms with Crippen molar-refractivity contribution in [2.75, 3.05) is 7.11 Å². The highest BCUT2D eigenvalue weighted by molar-refractivity contribution is 6.19. The molecular weight excluding hydrogens is 308 g/mol. The molecule has 5 aromatic rings. The summed E-state index contributed by atoms with van der Waals surface area (Å²) in [6.45, 7) is 0. The average Bonchev–Trinajstić information content (AvgIpc) is 3.03. The molecule has 5 rings (SSSR count). The van der Waals surface area contributed by atoms with Crippen LogP contribution in [0.1, 0.15) is 0 Å². The Bertz CT molecular complexity index is 1220. The van der Waals surface area contributed by atoms with E-state index < -0.39 is 0 Å².